The number of ether oxygens (including phenoxy) is 1. The van der Waals surface area contributed by atoms with Crippen LogP contribution in [0.25, 0.3) is 28.1 Å². The first-order valence-corrected chi connectivity index (χ1v) is 10.4. The Morgan fingerprint density at radius 1 is 1.19 bits per heavy atom. The lowest BCUT2D eigenvalue weighted by atomic mass is 10.1. The summed E-state index contributed by atoms with van der Waals surface area (Å²) in [7, 11) is 0. The van der Waals surface area contributed by atoms with E-state index in [0.717, 1.165) is 13.1 Å². The standard InChI is InChI=1S/C21H23FN6O4/c1-21(2,30)20-24-18(25-32-20)15-17-19(29)27(7-6-26-8-10-31-11-9-26)16-13(22)4-3-5-14(16)28(17)12-23-15/h3-5,12,30H,6-11H2,1-2H3. The third kappa shape index (κ3) is 3.48. The van der Waals surface area contributed by atoms with Gasteiger partial charge in [0.2, 0.25) is 5.82 Å². The van der Waals surface area contributed by atoms with Crippen molar-refractivity contribution in [2.75, 3.05) is 32.8 Å². The third-order valence-corrected chi connectivity index (χ3v) is 5.61. The van der Waals surface area contributed by atoms with Gasteiger partial charge in [-0.05, 0) is 26.0 Å². The molecule has 1 N–H and O–H groups in total. The van der Waals surface area contributed by atoms with E-state index in [9.17, 15) is 14.3 Å². The fraction of sp³-hybridized carbons (Fsp3) is 0.429. The lowest BCUT2D eigenvalue weighted by Crippen LogP contribution is -2.39. The first kappa shape index (κ1) is 20.7. The van der Waals surface area contributed by atoms with Crippen molar-refractivity contribution in [3.8, 4) is 11.5 Å². The number of benzene rings is 1. The van der Waals surface area contributed by atoms with Crippen LogP contribution in [0.3, 0.4) is 0 Å². The molecule has 1 aromatic carbocycles. The van der Waals surface area contributed by atoms with E-state index in [1.54, 1.807) is 16.5 Å². The fourth-order valence-corrected chi connectivity index (χ4v) is 3.94. The number of hydrogen-bond acceptors (Lipinski definition) is 8. The van der Waals surface area contributed by atoms with Gasteiger partial charge in [0.15, 0.2) is 0 Å². The van der Waals surface area contributed by atoms with E-state index in [4.69, 9.17) is 9.26 Å². The summed E-state index contributed by atoms with van der Waals surface area (Å²) >= 11 is 0. The molecule has 0 aliphatic carbocycles. The molecule has 1 fully saturated rings. The summed E-state index contributed by atoms with van der Waals surface area (Å²) in [6.45, 7) is 6.72. The van der Waals surface area contributed by atoms with Gasteiger partial charge in [-0.25, -0.2) is 9.37 Å². The van der Waals surface area contributed by atoms with Crippen molar-refractivity contribution in [3.05, 3.63) is 46.6 Å². The first-order chi connectivity index (χ1) is 15.3. The topological polar surface area (TPSA) is 111 Å². The van der Waals surface area contributed by atoms with Gasteiger partial charge >= 0.3 is 0 Å². The molecular formula is C21H23FN6O4. The summed E-state index contributed by atoms with van der Waals surface area (Å²) in [5.41, 5.74) is -0.597. The molecule has 0 bridgehead atoms. The van der Waals surface area contributed by atoms with E-state index < -0.39 is 17.0 Å². The first-order valence-electron chi connectivity index (χ1n) is 10.4. The molecule has 11 heteroatoms. The molecule has 5 rings (SSSR count). The monoisotopic (exact) mass is 442 g/mol. The van der Waals surface area contributed by atoms with Crippen molar-refractivity contribution in [2.45, 2.75) is 26.0 Å². The molecule has 1 saturated heterocycles. The van der Waals surface area contributed by atoms with E-state index in [2.05, 4.69) is 20.0 Å². The van der Waals surface area contributed by atoms with E-state index in [1.807, 2.05) is 0 Å². The normalized spacial score (nSPS) is 15.8. The third-order valence-electron chi connectivity index (χ3n) is 5.61. The molecule has 3 aromatic heterocycles. The highest BCUT2D eigenvalue weighted by atomic mass is 19.1. The van der Waals surface area contributed by atoms with Crippen molar-refractivity contribution in [2.24, 2.45) is 0 Å². The molecule has 0 spiro atoms. The summed E-state index contributed by atoms with van der Waals surface area (Å²) in [5, 5.41) is 14.0. The second-order valence-electron chi connectivity index (χ2n) is 8.31. The van der Waals surface area contributed by atoms with Crippen LogP contribution in [-0.4, -0.2) is 66.9 Å². The van der Waals surface area contributed by atoms with Crippen LogP contribution in [0.15, 0.2) is 33.8 Å². The Kier molecular flexibility index (Phi) is 5.03. The number of para-hydroxylation sites is 1. The highest BCUT2D eigenvalue weighted by Gasteiger charge is 2.27. The number of imidazole rings is 1. The molecule has 4 aromatic rings. The van der Waals surface area contributed by atoms with E-state index in [1.165, 1.54) is 30.8 Å². The van der Waals surface area contributed by atoms with Gasteiger partial charge < -0.3 is 18.9 Å². The van der Waals surface area contributed by atoms with Gasteiger partial charge in [0.25, 0.3) is 11.4 Å². The summed E-state index contributed by atoms with van der Waals surface area (Å²) in [4.78, 5) is 24.3. The van der Waals surface area contributed by atoms with E-state index in [0.29, 0.717) is 31.8 Å². The second kappa shape index (κ2) is 7.76. The Hall–Kier alpha value is -3.15. The zero-order valence-corrected chi connectivity index (χ0v) is 17.8. The molecule has 0 unspecified atom stereocenters. The summed E-state index contributed by atoms with van der Waals surface area (Å²) in [6.07, 6.45) is 1.44. The molecule has 10 nitrogen and oxygen atoms in total. The molecule has 0 saturated carbocycles. The lowest BCUT2D eigenvalue weighted by molar-refractivity contribution is 0.0364. The zero-order valence-electron chi connectivity index (χ0n) is 17.8. The largest absolute Gasteiger partial charge is 0.381 e. The van der Waals surface area contributed by atoms with E-state index in [-0.39, 0.29) is 28.4 Å². The van der Waals surface area contributed by atoms with Gasteiger partial charge in [-0.1, -0.05) is 11.2 Å². The van der Waals surface area contributed by atoms with Crippen LogP contribution >= 0.6 is 0 Å². The predicted octanol–water partition coefficient (Wildman–Crippen LogP) is 1.40. The summed E-state index contributed by atoms with van der Waals surface area (Å²) in [5.74, 6) is -0.395. The average Bonchev–Trinajstić information content (AvgIpc) is 3.42. The summed E-state index contributed by atoms with van der Waals surface area (Å²) < 4.78 is 28.4. The second-order valence-corrected chi connectivity index (χ2v) is 8.31. The van der Waals surface area contributed by atoms with Crippen LogP contribution in [0, 0.1) is 5.82 Å². The van der Waals surface area contributed by atoms with Gasteiger partial charge in [-0.3, -0.25) is 14.1 Å². The van der Waals surface area contributed by atoms with Crippen LogP contribution < -0.4 is 5.56 Å². The number of rotatable bonds is 5. The Labute approximate surface area is 181 Å². The number of aliphatic hydroxyl groups is 1. The maximum atomic E-state index is 14.9. The average molecular weight is 442 g/mol. The minimum absolute atomic E-state index is 0.00752. The van der Waals surface area contributed by atoms with Gasteiger partial charge in [0.1, 0.15) is 34.5 Å². The Morgan fingerprint density at radius 3 is 2.69 bits per heavy atom. The molecule has 1 aliphatic rings. The van der Waals surface area contributed by atoms with Gasteiger partial charge in [-0.15, -0.1) is 0 Å². The van der Waals surface area contributed by atoms with Crippen molar-refractivity contribution in [1.82, 2.24) is 29.0 Å². The Morgan fingerprint density at radius 2 is 1.97 bits per heavy atom. The van der Waals surface area contributed by atoms with Crippen LogP contribution in [0.2, 0.25) is 0 Å². The van der Waals surface area contributed by atoms with Crippen LogP contribution in [0.5, 0.6) is 0 Å². The molecule has 0 amide bonds. The van der Waals surface area contributed by atoms with Crippen LogP contribution in [-0.2, 0) is 16.9 Å². The number of morpholine rings is 1. The molecule has 32 heavy (non-hydrogen) atoms. The fourth-order valence-electron chi connectivity index (χ4n) is 3.94. The predicted molar refractivity (Wildman–Crippen MR) is 113 cm³/mol. The maximum absolute atomic E-state index is 14.9. The molecule has 4 heterocycles. The molecular weight excluding hydrogens is 419 g/mol. The molecule has 0 atom stereocenters. The van der Waals surface area contributed by atoms with Gasteiger partial charge in [-0.2, -0.15) is 4.98 Å². The van der Waals surface area contributed by atoms with Crippen molar-refractivity contribution >= 4 is 16.6 Å². The highest BCUT2D eigenvalue weighted by molar-refractivity contribution is 5.84. The minimum Gasteiger partial charge on any atom is -0.381 e. The summed E-state index contributed by atoms with van der Waals surface area (Å²) in [6, 6.07) is 4.67. The highest BCUT2D eigenvalue weighted by Crippen LogP contribution is 2.26. The zero-order chi connectivity index (χ0) is 22.5. The van der Waals surface area contributed by atoms with Crippen LogP contribution in [0.1, 0.15) is 19.7 Å². The maximum Gasteiger partial charge on any atom is 0.277 e. The van der Waals surface area contributed by atoms with E-state index >= 15 is 0 Å². The quantitative estimate of drug-likeness (QED) is 0.494. The number of aromatic nitrogens is 5. The number of nitrogens with zero attached hydrogens (tertiary/aromatic N) is 6. The van der Waals surface area contributed by atoms with Crippen LogP contribution in [0.4, 0.5) is 4.39 Å². The SMILES string of the molecule is CC(C)(O)c1nc(-c2ncn3c2c(=O)n(CCN2CCOCC2)c2c(F)cccc23)no1. The Balaban J connectivity index is 1.67. The minimum atomic E-state index is -1.34. The van der Waals surface area contributed by atoms with Crippen molar-refractivity contribution in [1.29, 1.82) is 0 Å². The van der Waals surface area contributed by atoms with Crippen molar-refractivity contribution < 1.29 is 18.8 Å². The van der Waals surface area contributed by atoms with Gasteiger partial charge in [0, 0.05) is 26.2 Å². The lowest BCUT2D eigenvalue weighted by Gasteiger charge is -2.27. The smallest absolute Gasteiger partial charge is 0.277 e. The molecule has 168 valence electrons. The van der Waals surface area contributed by atoms with Crippen molar-refractivity contribution in [3.63, 3.8) is 0 Å². The number of halogens is 1. The molecule has 1 aliphatic heterocycles. The number of hydrogen-bond donors (Lipinski definition) is 1. The Bertz CT molecular complexity index is 1350. The number of fused-ring (bicyclic) bond motifs is 3. The van der Waals surface area contributed by atoms with Gasteiger partial charge in [0.05, 0.1) is 18.7 Å². The molecule has 0 radical (unpaired) electrons.